The fourth-order valence-electron chi connectivity index (χ4n) is 3.47. The van der Waals surface area contributed by atoms with Gasteiger partial charge in [0.1, 0.15) is 5.02 Å². The summed E-state index contributed by atoms with van der Waals surface area (Å²) < 4.78 is 9.89. The average Bonchev–Trinajstić information content (AvgIpc) is 3.12. The van der Waals surface area contributed by atoms with Crippen molar-refractivity contribution in [1.82, 2.24) is 4.90 Å². The van der Waals surface area contributed by atoms with Gasteiger partial charge in [-0.2, -0.15) is 0 Å². The molecule has 1 saturated heterocycles. The molecule has 0 bridgehead atoms. The summed E-state index contributed by atoms with van der Waals surface area (Å²) in [5.74, 6) is -2.21. The van der Waals surface area contributed by atoms with Crippen LogP contribution < -0.4 is 10.1 Å². The van der Waals surface area contributed by atoms with Crippen LogP contribution in [0.2, 0.25) is 5.02 Å². The highest BCUT2D eigenvalue weighted by Gasteiger charge is 2.25. The number of nitrogens with zero attached hydrogens (tertiary/aromatic N) is 1. The van der Waals surface area contributed by atoms with Gasteiger partial charge in [0.05, 0.1) is 12.0 Å². The molecule has 0 atom stereocenters. The zero-order valence-electron chi connectivity index (χ0n) is 17.3. The number of thiophene rings is 1. The Morgan fingerprint density at radius 2 is 1.97 bits per heavy atom. The number of hydrogen-bond acceptors (Lipinski definition) is 7. The number of aliphatic carboxylic acids is 1. The van der Waals surface area contributed by atoms with Gasteiger partial charge in [-0.15, -0.1) is 11.3 Å². The standard InChI is InChI=1S/C21H23ClN2O7S/c1-30-21(29)24-7-5-12(6-8-24)10-23-14-4-2-3-13(9-14)18-16(22)17(31-11-15(25)26)19(32-18)20(27)28/h2-4,9,12,23H,5-8,10-11H2,1H3,(H,25,26)(H,27,28). The molecule has 2 aromatic rings. The SMILES string of the molecule is COC(=O)N1CCC(CNc2cccc(-c3sc(C(=O)O)c(OCC(=O)O)c3Cl)c2)CC1. The number of methoxy groups -OCH3 is 1. The molecule has 1 aromatic carbocycles. The van der Waals surface area contributed by atoms with Crippen molar-refractivity contribution in [3.05, 3.63) is 34.2 Å². The van der Waals surface area contributed by atoms with Crippen LogP contribution in [-0.4, -0.2) is 66.5 Å². The van der Waals surface area contributed by atoms with Crippen molar-refractivity contribution in [2.45, 2.75) is 12.8 Å². The van der Waals surface area contributed by atoms with E-state index >= 15 is 0 Å². The van der Waals surface area contributed by atoms with Crippen molar-refractivity contribution in [3.63, 3.8) is 0 Å². The van der Waals surface area contributed by atoms with E-state index in [0.717, 1.165) is 36.4 Å². The van der Waals surface area contributed by atoms with Gasteiger partial charge in [0.15, 0.2) is 17.2 Å². The smallest absolute Gasteiger partial charge is 0.409 e. The van der Waals surface area contributed by atoms with E-state index in [4.69, 9.17) is 26.2 Å². The maximum Gasteiger partial charge on any atom is 0.409 e. The van der Waals surface area contributed by atoms with E-state index in [-0.39, 0.29) is 21.7 Å². The van der Waals surface area contributed by atoms with Gasteiger partial charge in [-0.05, 0) is 36.5 Å². The third-order valence-electron chi connectivity index (χ3n) is 5.11. The molecule has 0 saturated carbocycles. The maximum atomic E-state index is 11.6. The van der Waals surface area contributed by atoms with Crippen LogP contribution in [0.5, 0.6) is 5.75 Å². The van der Waals surface area contributed by atoms with Crippen molar-refractivity contribution >= 4 is 46.7 Å². The first-order chi connectivity index (χ1) is 15.3. The summed E-state index contributed by atoms with van der Waals surface area (Å²) in [7, 11) is 1.38. The van der Waals surface area contributed by atoms with Crippen LogP contribution in [0.4, 0.5) is 10.5 Å². The highest BCUT2D eigenvalue weighted by molar-refractivity contribution is 7.18. The summed E-state index contributed by atoms with van der Waals surface area (Å²) in [6.45, 7) is 1.35. The van der Waals surface area contributed by atoms with Crippen LogP contribution in [0.3, 0.4) is 0 Å². The molecule has 1 aliphatic heterocycles. The van der Waals surface area contributed by atoms with Gasteiger partial charge in [0, 0.05) is 25.3 Å². The maximum absolute atomic E-state index is 11.6. The zero-order valence-corrected chi connectivity index (χ0v) is 18.9. The molecule has 1 fully saturated rings. The molecule has 2 heterocycles. The lowest BCUT2D eigenvalue weighted by atomic mass is 9.97. The molecule has 3 rings (SSSR count). The van der Waals surface area contributed by atoms with Crippen LogP contribution in [0.1, 0.15) is 22.5 Å². The normalized spacial score (nSPS) is 14.1. The summed E-state index contributed by atoms with van der Waals surface area (Å²) in [6, 6.07) is 7.37. The quantitative estimate of drug-likeness (QED) is 0.513. The predicted octanol–water partition coefficient (Wildman–Crippen LogP) is 4.12. The fourth-order valence-corrected chi connectivity index (χ4v) is 4.87. The highest BCUT2D eigenvalue weighted by Crippen LogP contribution is 2.45. The number of nitrogens with one attached hydrogen (secondary N) is 1. The lowest BCUT2D eigenvalue weighted by Gasteiger charge is -2.31. The number of carboxylic acid groups (broad SMARTS) is 2. The van der Waals surface area contributed by atoms with Gasteiger partial charge in [0.25, 0.3) is 0 Å². The summed E-state index contributed by atoms with van der Waals surface area (Å²) >= 11 is 7.29. The minimum absolute atomic E-state index is 0.0704. The number of amides is 1. The number of hydrogen-bond donors (Lipinski definition) is 3. The van der Waals surface area contributed by atoms with Crippen molar-refractivity contribution in [1.29, 1.82) is 0 Å². The first-order valence-electron chi connectivity index (χ1n) is 9.87. The molecule has 32 heavy (non-hydrogen) atoms. The Hall–Kier alpha value is -2.98. The van der Waals surface area contributed by atoms with Crippen molar-refractivity contribution in [2.24, 2.45) is 5.92 Å². The largest absolute Gasteiger partial charge is 0.479 e. The van der Waals surface area contributed by atoms with Crippen LogP contribution >= 0.6 is 22.9 Å². The number of anilines is 1. The van der Waals surface area contributed by atoms with Gasteiger partial charge in [-0.1, -0.05) is 23.7 Å². The molecule has 3 N–H and O–H groups in total. The second-order valence-corrected chi connectivity index (χ2v) is 8.65. The Balaban J connectivity index is 1.70. The van der Waals surface area contributed by atoms with Crippen molar-refractivity contribution < 1.29 is 34.1 Å². The molecule has 0 radical (unpaired) electrons. The number of benzene rings is 1. The van der Waals surface area contributed by atoms with Crippen LogP contribution in [0, 0.1) is 5.92 Å². The second kappa shape index (κ2) is 10.6. The van der Waals surface area contributed by atoms with E-state index in [1.165, 1.54) is 7.11 Å². The molecular formula is C21H23ClN2O7S. The summed E-state index contributed by atoms with van der Waals surface area (Å²) in [5.41, 5.74) is 1.53. The second-order valence-electron chi connectivity index (χ2n) is 7.25. The molecule has 11 heteroatoms. The molecular weight excluding hydrogens is 460 g/mol. The lowest BCUT2D eigenvalue weighted by Crippen LogP contribution is -2.39. The van der Waals surface area contributed by atoms with Crippen molar-refractivity contribution in [2.75, 3.05) is 38.7 Å². The molecule has 0 spiro atoms. The Labute approximate surface area is 193 Å². The van der Waals surface area contributed by atoms with Gasteiger partial charge in [-0.3, -0.25) is 0 Å². The van der Waals surface area contributed by atoms with E-state index in [1.807, 2.05) is 18.2 Å². The minimum atomic E-state index is -1.24. The van der Waals surface area contributed by atoms with E-state index in [2.05, 4.69) is 5.32 Å². The predicted molar refractivity (Wildman–Crippen MR) is 120 cm³/mol. The minimum Gasteiger partial charge on any atom is -0.479 e. The van der Waals surface area contributed by atoms with Crippen LogP contribution in [0.25, 0.3) is 10.4 Å². The third kappa shape index (κ3) is 5.63. The monoisotopic (exact) mass is 482 g/mol. The number of rotatable bonds is 8. The Bertz CT molecular complexity index is 1000. The Morgan fingerprint density at radius 1 is 1.25 bits per heavy atom. The number of carbonyl (C=O) groups is 3. The van der Waals surface area contributed by atoms with Crippen LogP contribution in [0.15, 0.2) is 24.3 Å². The summed E-state index contributed by atoms with van der Waals surface area (Å²) in [4.78, 5) is 36.0. The van der Waals surface area contributed by atoms with E-state index in [1.54, 1.807) is 11.0 Å². The van der Waals surface area contributed by atoms with E-state index < -0.39 is 18.5 Å². The molecule has 1 aromatic heterocycles. The number of carboxylic acids is 2. The number of carbonyl (C=O) groups excluding carboxylic acids is 1. The number of aromatic carboxylic acids is 1. The average molecular weight is 483 g/mol. The third-order valence-corrected chi connectivity index (χ3v) is 6.79. The zero-order chi connectivity index (χ0) is 23.3. The number of halogens is 1. The van der Waals surface area contributed by atoms with Gasteiger partial charge in [0.2, 0.25) is 0 Å². The summed E-state index contributed by atoms with van der Waals surface area (Å²) in [6.07, 6.45) is 1.43. The van der Waals surface area contributed by atoms with Gasteiger partial charge < -0.3 is 29.9 Å². The first-order valence-corrected chi connectivity index (χ1v) is 11.1. The Morgan fingerprint density at radius 3 is 2.59 bits per heavy atom. The first kappa shape index (κ1) is 23.7. The molecule has 9 nitrogen and oxygen atoms in total. The number of likely N-dealkylation sites (tertiary alicyclic amines) is 1. The Kier molecular flexibility index (Phi) is 7.81. The fraction of sp³-hybridized carbons (Fsp3) is 0.381. The van der Waals surface area contributed by atoms with Gasteiger partial charge >= 0.3 is 18.0 Å². The van der Waals surface area contributed by atoms with Crippen LogP contribution in [-0.2, 0) is 9.53 Å². The lowest BCUT2D eigenvalue weighted by molar-refractivity contribution is -0.139. The van der Waals surface area contributed by atoms with Gasteiger partial charge in [-0.25, -0.2) is 14.4 Å². The summed E-state index contributed by atoms with van der Waals surface area (Å²) in [5, 5.41) is 21.7. The van der Waals surface area contributed by atoms with Crippen molar-refractivity contribution in [3.8, 4) is 16.2 Å². The molecule has 172 valence electrons. The highest BCUT2D eigenvalue weighted by atomic mass is 35.5. The number of piperidine rings is 1. The molecule has 0 unspecified atom stereocenters. The molecule has 1 aliphatic rings. The number of ether oxygens (including phenoxy) is 2. The molecule has 1 amide bonds. The van der Waals surface area contributed by atoms with E-state index in [0.29, 0.717) is 29.4 Å². The van der Waals surface area contributed by atoms with E-state index in [9.17, 15) is 19.5 Å². The topological polar surface area (TPSA) is 125 Å². The molecule has 0 aliphatic carbocycles.